The fraction of sp³-hybridized carbons (Fsp3) is 0.667. The van der Waals surface area contributed by atoms with Crippen LogP contribution in [0.25, 0.3) is 0 Å². The van der Waals surface area contributed by atoms with Crippen LogP contribution >= 0.6 is 0 Å². The van der Waals surface area contributed by atoms with Crippen LogP contribution in [-0.2, 0) is 9.59 Å². The normalized spacial score (nSPS) is 20.8. The first-order valence-electron chi connectivity index (χ1n) is 5.97. The fourth-order valence-corrected chi connectivity index (χ4v) is 2.06. The minimum Gasteiger partial charge on any atom is -0.480 e. The van der Waals surface area contributed by atoms with Gasteiger partial charge in [0.2, 0.25) is 5.91 Å². The summed E-state index contributed by atoms with van der Waals surface area (Å²) in [5.41, 5.74) is 0. The van der Waals surface area contributed by atoms with Crippen LogP contribution in [0, 0.1) is 5.92 Å². The number of hydrogen-bond donors (Lipinski definition) is 2. The van der Waals surface area contributed by atoms with Crippen LogP contribution in [0.1, 0.15) is 19.8 Å². The van der Waals surface area contributed by atoms with E-state index in [2.05, 4.69) is 5.32 Å². The number of carbonyl (C=O) groups is 2. The van der Waals surface area contributed by atoms with Crippen molar-refractivity contribution in [2.45, 2.75) is 19.8 Å². The Morgan fingerprint density at radius 1 is 1.53 bits per heavy atom. The lowest BCUT2D eigenvalue weighted by Gasteiger charge is -2.32. The number of likely N-dealkylation sites (tertiary alicyclic amines) is 1. The molecule has 1 saturated heterocycles. The molecule has 0 bridgehead atoms. The zero-order valence-electron chi connectivity index (χ0n) is 10.2. The van der Waals surface area contributed by atoms with E-state index in [1.54, 1.807) is 12.2 Å². The number of nitrogens with one attached hydrogen (secondary N) is 1. The van der Waals surface area contributed by atoms with E-state index in [4.69, 9.17) is 5.11 Å². The van der Waals surface area contributed by atoms with Crippen molar-refractivity contribution >= 4 is 11.9 Å². The number of carboxylic acids is 1. The topological polar surface area (TPSA) is 69.6 Å². The largest absolute Gasteiger partial charge is 0.480 e. The Kier molecular flexibility index (Phi) is 5.69. The Labute approximate surface area is 101 Å². The molecule has 1 atom stereocenters. The standard InChI is InChI=1S/C12H20N2O3/c1-2-4-11(15)14-6-3-5-10(9-14)7-13-8-12(16)17/h2,4,10,13H,3,5-9H2,1H3,(H,16,17)/b4-2+. The molecule has 1 fully saturated rings. The summed E-state index contributed by atoms with van der Waals surface area (Å²) < 4.78 is 0. The van der Waals surface area contributed by atoms with Crippen LogP contribution in [0.4, 0.5) is 0 Å². The summed E-state index contributed by atoms with van der Waals surface area (Å²) in [4.78, 5) is 23.8. The van der Waals surface area contributed by atoms with Gasteiger partial charge in [0.25, 0.3) is 0 Å². The minimum atomic E-state index is -0.845. The van der Waals surface area contributed by atoms with Crippen molar-refractivity contribution in [3.8, 4) is 0 Å². The summed E-state index contributed by atoms with van der Waals surface area (Å²) in [6.45, 7) is 3.99. The molecule has 0 radical (unpaired) electrons. The maximum Gasteiger partial charge on any atom is 0.317 e. The van der Waals surface area contributed by atoms with Crippen molar-refractivity contribution < 1.29 is 14.7 Å². The molecule has 5 heteroatoms. The van der Waals surface area contributed by atoms with Gasteiger partial charge in [0.15, 0.2) is 0 Å². The molecule has 1 unspecified atom stereocenters. The molecule has 5 nitrogen and oxygen atoms in total. The fourth-order valence-electron chi connectivity index (χ4n) is 2.06. The summed E-state index contributed by atoms with van der Waals surface area (Å²) in [6.07, 6.45) is 5.36. The summed E-state index contributed by atoms with van der Waals surface area (Å²) in [5.74, 6) is -0.435. The lowest BCUT2D eigenvalue weighted by Crippen LogP contribution is -2.42. The molecule has 96 valence electrons. The van der Waals surface area contributed by atoms with Gasteiger partial charge in [-0.25, -0.2) is 0 Å². The molecule has 2 N–H and O–H groups in total. The van der Waals surface area contributed by atoms with Crippen LogP contribution in [-0.4, -0.2) is 48.1 Å². The molecule has 1 rings (SSSR count). The monoisotopic (exact) mass is 240 g/mol. The summed E-state index contributed by atoms with van der Waals surface area (Å²) >= 11 is 0. The van der Waals surface area contributed by atoms with Gasteiger partial charge in [-0.1, -0.05) is 6.08 Å². The predicted octanol–water partition coefficient (Wildman–Crippen LogP) is 0.475. The Balaban J connectivity index is 2.33. The molecule has 17 heavy (non-hydrogen) atoms. The highest BCUT2D eigenvalue weighted by Crippen LogP contribution is 2.15. The highest BCUT2D eigenvalue weighted by Gasteiger charge is 2.21. The third kappa shape index (κ3) is 4.99. The summed E-state index contributed by atoms with van der Waals surface area (Å²) in [5, 5.41) is 11.4. The zero-order chi connectivity index (χ0) is 12.7. The number of carbonyl (C=O) groups excluding carboxylic acids is 1. The number of carboxylic acid groups (broad SMARTS) is 1. The maximum atomic E-state index is 11.7. The van der Waals surface area contributed by atoms with Crippen molar-refractivity contribution in [3.63, 3.8) is 0 Å². The molecule has 0 aromatic rings. The van der Waals surface area contributed by atoms with Crippen molar-refractivity contribution in [2.24, 2.45) is 5.92 Å². The molecule has 1 aliphatic rings. The number of amides is 1. The number of nitrogens with zero attached hydrogens (tertiary/aromatic N) is 1. The number of rotatable bonds is 5. The van der Waals surface area contributed by atoms with Gasteiger partial charge in [0, 0.05) is 19.6 Å². The van der Waals surface area contributed by atoms with Crippen LogP contribution in [0.15, 0.2) is 12.2 Å². The summed E-state index contributed by atoms with van der Waals surface area (Å²) in [7, 11) is 0. The van der Waals surface area contributed by atoms with Crippen molar-refractivity contribution in [3.05, 3.63) is 12.2 Å². The van der Waals surface area contributed by atoms with Gasteiger partial charge < -0.3 is 15.3 Å². The van der Waals surface area contributed by atoms with Crippen LogP contribution in [0.5, 0.6) is 0 Å². The quantitative estimate of drug-likeness (QED) is 0.686. The SMILES string of the molecule is C/C=C/C(=O)N1CCCC(CNCC(=O)O)C1. The first kappa shape index (κ1) is 13.7. The van der Waals surface area contributed by atoms with Gasteiger partial charge in [-0.2, -0.15) is 0 Å². The van der Waals surface area contributed by atoms with E-state index < -0.39 is 5.97 Å². The number of piperidine rings is 1. The molecule has 0 saturated carbocycles. The second-order valence-corrected chi connectivity index (χ2v) is 4.32. The highest BCUT2D eigenvalue weighted by molar-refractivity contribution is 5.87. The lowest BCUT2D eigenvalue weighted by atomic mass is 9.98. The smallest absolute Gasteiger partial charge is 0.317 e. The molecule has 1 amide bonds. The molecule has 0 aliphatic carbocycles. The van der Waals surface area contributed by atoms with E-state index in [9.17, 15) is 9.59 Å². The Morgan fingerprint density at radius 3 is 2.94 bits per heavy atom. The predicted molar refractivity (Wildman–Crippen MR) is 64.6 cm³/mol. The lowest BCUT2D eigenvalue weighted by molar-refractivity contribution is -0.136. The van der Waals surface area contributed by atoms with Gasteiger partial charge in [0.05, 0.1) is 6.54 Å². The number of hydrogen-bond acceptors (Lipinski definition) is 3. The maximum absolute atomic E-state index is 11.7. The van der Waals surface area contributed by atoms with E-state index in [1.807, 2.05) is 11.8 Å². The number of allylic oxidation sites excluding steroid dienone is 1. The zero-order valence-corrected chi connectivity index (χ0v) is 10.2. The van der Waals surface area contributed by atoms with Crippen LogP contribution in [0.3, 0.4) is 0 Å². The van der Waals surface area contributed by atoms with Gasteiger partial charge in [-0.05, 0) is 31.8 Å². The van der Waals surface area contributed by atoms with Crippen LogP contribution < -0.4 is 5.32 Å². The van der Waals surface area contributed by atoms with Gasteiger partial charge in [-0.15, -0.1) is 0 Å². The molecular formula is C12H20N2O3. The number of aliphatic carboxylic acids is 1. The van der Waals surface area contributed by atoms with Gasteiger partial charge in [-0.3, -0.25) is 9.59 Å². The second kappa shape index (κ2) is 7.06. The Bertz CT molecular complexity index is 302. The molecule has 1 heterocycles. The molecule has 0 aromatic carbocycles. The molecule has 0 aromatic heterocycles. The van der Waals surface area contributed by atoms with E-state index in [1.165, 1.54) is 0 Å². The van der Waals surface area contributed by atoms with Gasteiger partial charge in [0.1, 0.15) is 0 Å². The average molecular weight is 240 g/mol. The molecule has 1 aliphatic heterocycles. The first-order chi connectivity index (χ1) is 8.13. The van der Waals surface area contributed by atoms with E-state index in [0.717, 1.165) is 25.9 Å². The Morgan fingerprint density at radius 2 is 2.29 bits per heavy atom. The van der Waals surface area contributed by atoms with Crippen LogP contribution in [0.2, 0.25) is 0 Å². The van der Waals surface area contributed by atoms with Crippen molar-refractivity contribution in [1.29, 1.82) is 0 Å². The second-order valence-electron chi connectivity index (χ2n) is 4.32. The third-order valence-corrected chi connectivity index (χ3v) is 2.85. The highest BCUT2D eigenvalue weighted by atomic mass is 16.4. The van der Waals surface area contributed by atoms with E-state index in [-0.39, 0.29) is 12.5 Å². The minimum absolute atomic E-state index is 0.0146. The first-order valence-corrected chi connectivity index (χ1v) is 5.97. The van der Waals surface area contributed by atoms with Crippen molar-refractivity contribution in [1.82, 2.24) is 10.2 Å². The molecule has 0 spiro atoms. The average Bonchev–Trinajstić information content (AvgIpc) is 2.29. The third-order valence-electron chi connectivity index (χ3n) is 2.85. The molecular weight excluding hydrogens is 220 g/mol. The van der Waals surface area contributed by atoms with Crippen molar-refractivity contribution in [2.75, 3.05) is 26.2 Å². The van der Waals surface area contributed by atoms with Gasteiger partial charge >= 0.3 is 5.97 Å². The summed E-state index contributed by atoms with van der Waals surface area (Å²) in [6, 6.07) is 0. The van der Waals surface area contributed by atoms with E-state index in [0.29, 0.717) is 12.5 Å². The van der Waals surface area contributed by atoms with E-state index >= 15 is 0 Å². The Hall–Kier alpha value is -1.36.